The molecule has 0 spiro atoms. The van der Waals surface area contributed by atoms with Crippen LogP contribution in [-0.2, 0) is 14.2 Å². The number of alkyl halides is 1. The molecule has 0 heterocycles. The lowest BCUT2D eigenvalue weighted by atomic mass is 10.1. The second-order valence-electron chi connectivity index (χ2n) is 5.28. The lowest BCUT2D eigenvalue weighted by Gasteiger charge is -2.29. The molecule has 1 atom stereocenters. The van der Waals surface area contributed by atoms with Gasteiger partial charge in [-0.1, -0.05) is 15.9 Å². The maximum atomic E-state index is 11.5. The van der Waals surface area contributed by atoms with Crippen LogP contribution in [0, 0.1) is 0 Å². The molecular formula is C12H24BrNO4. The third kappa shape index (κ3) is 8.72. The highest BCUT2D eigenvalue weighted by molar-refractivity contribution is 9.09. The van der Waals surface area contributed by atoms with Crippen molar-refractivity contribution in [3.05, 3.63) is 0 Å². The predicted octanol–water partition coefficient (Wildman–Crippen LogP) is 2.33. The summed E-state index contributed by atoms with van der Waals surface area (Å²) in [5.74, 6) is 0. The van der Waals surface area contributed by atoms with Crippen LogP contribution in [0.3, 0.4) is 0 Å². The maximum Gasteiger partial charge on any atom is 0.407 e. The molecule has 0 saturated carbocycles. The monoisotopic (exact) mass is 325 g/mol. The Morgan fingerprint density at radius 1 is 1.22 bits per heavy atom. The van der Waals surface area contributed by atoms with E-state index in [-0.39, 0.29) is 0 Å². The minimum Gasteiger partial charge on any atom is -0.444 e. The highest BCUT2D eigenvalue weighted by Crippen LogP contribution is 2.13. The van der Waals surface area contributed by atoms with Crippen LogP contribution in [-0.4, -0.2) is 49.5 Å². The molecule has 108 valence electrons. The van der Waals surface area contributed by atoms with Crippen LogP contribution in [0.5, 0.6) is 0 Å². The number of carbonyl (C=O) groups is 1. The summed E-state index contributed by atoms with van der Waals surface area (Å²) in [4.78, 5) is 11.5. The zero-order valence-corrected chi connectivity index (χ0v) is 13.4. The molecule has 0 bridgehead atoms. The number of hydrogen-bond donors (Lipinski definition) is 1. The van der Waals surface area contributed by atoms with Gasteiger partial charge in [0, 0.05) is 12.4 Å². The molecule has 0 aliphatic carbocycles. The molecule has 1 amide bonds. The van der Waals surface area contributed by atoms with Crippen LogP contribution in [0.15, 0.2) is 0 Å². The van der Waals surface area contributed by atoms with E-state index in [0.29, 0.717) is 25.1 Å². The topological polar surface area (TPSA) is 56.8 Å². The van der Waals surface area contributed by atoms with Gasteiger partial charge in [-0.15, -0.1) is 0 Å². The Morgan fingerprint density at radius 3 is 2.28 bits per heavy atom. The number of alkyl carbamates (subject to hydrolysis) is 1. The van der Waals surface area contributed by atoms with Crippen molar-refractivity contribution in [3.8, 4) is 0 Å². The van der Waals surface area contributed by atoms with E-state index in [9.17, 15) is 4.79 Å². The van der Waals surface area contributed by atoms with Crippen LogP contribution < -0.4 is 5.32 Å². The van der Waals surface area contributed by atoms with E-state index in [2.05, 4.69) is 21.2 Å². The van der Waals surface area contributed by atoms with Gasteiger partial charge >= 0.3 is 6.09 Å². The molecule has 0 rings (SSSR count). The lowest BCUT2D eigenvalue weighted by molar-refractivity contribution is -0.0354. The Kier molecular flexibility index (Phi) is 7.82. The summed E-state index contributed by atoms with van der Waals surface area (Å²) < 4.78 is 15.7. The number of nitrogens with one attached hydrogen (secondary N) is 1. The Labute approximate surface area is 118 Å². The van der Waals surface area contributed by atoms with Crippen LogP contribution in [0.1, 0.15) is 27.7 Å². The van der Waals surface area contributed by atoms with Crippen molar-refractivity contribution in [3.63, 3.8) is 0 Å². The number of halogens is 1. The fraction of sp³-hybridized carbons (Fsp3) is 0.917. The minimum atomic E-state index is -0.494. The molecule has 0 aliphatic rings. The van der Waals surface area contributed by atoms with Gasteiger partial charge in [-0.25, -0.2) is 4.79 Å². The molecule has 0 aromatic carbocycles. The van der Waals surface area contributed by atoms with E-state index in [1.54, 1.807) is 7.11 Å². The summed E-state index contributed by atoms with van der Waals surface area (Å²) in [5.41, 5.74) is -0.971. The van der Waals surface area contributed by atoms with Gasteiger partial charge in [0.15, 0.2) is 0 Å². The Morgan fingerprint density at radius 2 is 1.83 bits per heavy atom. The summed E-state index contributed by atoms with van der Waals surface area (Å²) in [5, 5.41) is 3.31. The van der Waals surface area contributed by atoms with Crippen molar-refractivity contribution in [1.82, 2.24) is 5.32 Å². The molecule has 0 radical (unpaired) electrons. The standard InChI is InChI=1S/C12H24BrNO4/c1-11(2,3)18-10(15)14-9-12(4,8-13)17-7-6-16-5/h6-9H2,1-5H3,(H,14,15). The van der Waals surface area contributed by atoms with Crippen molar-refractivity contribution in [2.75, 3.05) is 32.2 Å². The van der Waals surface area contributed by atoms with E-state index in [1.807, 2.05) is 27.7 Å². The second-order valence-corrected chi connectivity index (χ2v) is 5.84. The highest BCUT2D eigenvalue weighted by Gasteiger charge is 2.26. The Bertz CT molecular complexity index is 255. The zero-order chi connectivity index (χ0) is 14.2. The average molecular weight is 326 g/mol. The second kappa shape index (κ2) is 7.96. The molecule has 0 fully saturated rings. The molecule has 0 aromatic rings. The largest absolute Gasteiger partial charge is 0.444 e. The SMILES string of the molecule is COCCOC(C)(CBr)CNC(=O)OC(C)(C)C. The summed E-state index contributed by atoms with van der Waals surface area (Å²) in [6.45, 7) is 8.76. The number of ether oxygens (including phenoxy) is 3. The van der Waals surface area contributed by atoms with Gasteiger partial charge in [-0.2, -0.15) is 0 Å². The Hall–Kier alpha value is -0.330. The normalized spacial score (nSPS) is 15.0. The number of carbonyl (C=O) groups excluding carboxylic acids is 1. The third-order valence-corrected chi connectivity index (χ3v) is 3.21. The van der Waals surface area contributed by atoms with Gasteiger partial charge in [0.2, 0.25) is 0 Å². The molecule has 18 heavy (non-hydrogen) atoms. The first kappa shape index (κ1) is 17.7. The highest BCUT2D eigenvalue weighted by atomic mass is 79.9. The lowest BCUT2D eigenvalue weighted by Crippen LogP contribution is -2.46. The van der Waals surface area contributed by atoms with Crippen LogP contribution >= 0.6 is 15.9 Å². The van der Waals surface area contributed by atoms with E-state index in [1.165, 1.54) is 0 Å². The third-order valence-electron chi connectivity index (χ3n) is 2.03. The van der Waals surface area contributed by atoms with Crippen LogP contribution in [0.4, 0.5) is 4.79 Å². The smallest absolute Gasteiger partial charge is 0.407 e. The fourth-order valence-corrected chi connectivity index (χ4v) is 1.44. The zero-order valence-electron chi connectivity index (χ0n) is 11.8. The molecule has 0 aliphatic heterocycles. The number of rotatable bonds is 7. The minimum absolute atomic E-state index is 0.372. The first-order valence-corrected chi connectivity index (χ1v) is 7.00. The Balaban J connectivity index is 4.08. The number of methoxy groups -OCH3 is 1. The molecule has 1 unspecified atom stereocenters. The predicted molar refractivity (Wildman–Crippen MR) is 74.3 cm³/mol. The average Bonchev–Trinajstić information content (AvgIpc) is 2.25. The first-order valence-electron chi connectivity index (χ1n) is 5.88. The summed E-state index contributed by atoms with van der Waals surface area (Å²) in [7, 11) is 1.62. The van der Waals surface area contributed by atoms with Gasteiger partial charge in [0.25, 0.3) is 0 Å². The maximum absolute atomic E-state index is 11.5. The molecule has 5 nitrogen and oxygen atoms in total. The van der Waals surface area contributed by atoms with Gasteiger partial charge in [-0.3, -0.25) is 0 Å². The van der Waals surface area contributed by atoms with Gasteiger partial charge in [0.05, 0.1) is 25.4 Å². The molecule has 0 aromatic heterocycles. The number of amides is 1. The van der Waals surface area contributed by atoms with E-state index >= 15 is 0 Å². The summed E-state index contributed by atoms with van der Waals surface area (Å²) >= 11 is 3.38. The molecule has 0 saturated heterocycles. The van der Waals surface area contributed by atoms with Crippen molar-refractivity contribution in [2.45, 2.75) is 38.9 Å². The van der Waals surface area contributed by atoms with Crippen molar-refractivity contribution in [1.29, 1.82) is 0 Å². The summed E-state index contributed by atoms with van der Waals surface area (Å²) in [6, 6.07) is 0. The van der Waals surface area contributed by atoms with Crippen molar-refractivity contribution >= 4 is 22.0 Å². The van der Waals surface area contributed by atoms with Crippen molar-refractivity contribution < 1.29 is 19.0 Å². The van der Waals surface area contributed by atoms with Crippen LogP contribution in [0.25, 0.3) is 0 Å². The molecular weight excluding hydrogens is 302 g/mol. The van der Waals surface area contributed by atoms with Gasteiger partial charge in [-0.05, 0) is 27.7 Å². The number of hydrogen-bond acceptors (Lipinski definition) is 4. The fourth-order valence-electron chi connectivity index (χ4n) is 1.08. The summed E-state index contributed by atoms with van der Waals surface area (Å²) in [6.07, 6.45) is -0.440. The van der Waals surface area contributed by atoms with E-state index < -0.39 is 17.3 Å². The van der Waals surface area contributed by atoms with E-state index in [0.717, 1.165) is 0 Å². The van der Waals surface area contributed by atoms with Gasteiger partial charge < -0.3 is 19.5 Å². The molecule has 1 N–H and O–H groups in total. The van der Waals surface area contributed by atoms with E-state index in [4.69, 9.17) is 14.2 Å². The quantitative estimate of drug-likeness (QED) is 0.576. The first-order chi connectivity index (χ1) is 8.22. The van der Waals surface area contributed by atoms with Crippen LogP contribution in [0.2, 0.25) is 0 Å². The van der Waals surface area contributed by atoms with Gasteiger partial charge in [0.1, 0.15) is 5.60 Å². The van der Waals surface area contributed by atoms with Crippen molar-refractivity contribution in [2.24, 2.45) is 0 Å². The molecule has 6 heteroatoms.